The van der Waals surface area contributed by atoms with Crippen LogP contribution in [0.2, 0.25) is 5.02 Å². The molecule has 0 saturated carbocycles. The molecular formula is C13H10BrClFNO2S. The van der Waals surface area contributed by atoms with E-state index >= 15 is 0 Å². The molecule has 0 amide bonds. The van der Waals surface area contributed by atoms with Crippen LogP contribution in [0.3, 0.4) is 0 Å². The van der Waals surface area contributed by atoms with E-state index in [4.69, 9.17) is 11.6 Å². The second-order valence-corrected chi connectivity index (χ2v) is 7.42. The fourth-order valence-electron chi connectivity index (χ4n) is 1.68. The first-order chi connectivity index (χ1) is 9.29. The number of rotatable bonds is 3. The lowest BCUT2D eigenvalue weighted by molar-refractivity contribution is 0.593. The zero-order valence-corrected chi connectivity index (χ0v) is 13.6. The number of nitrogens with zero attached hydrogens (tertiary/aromatic N) is 1. The summed E-state index contributed by atoms with van der Waals surface area (Å²) in [7, 11) is -3.67. The Morgan fingerprint density at radius 2 is 2.00 bits per heavy atom. The highest BCUT2D eigenvalue weighted by atomic mass is 79.9. The van der Waals surface area contributed by atoms with Crippen molar-refractivity contribution in [1.82, 2.24) is 4.98 Å². The van der Waals surface area contributed by atoms with Crippen LogP contribution in [0.5, 0.6) is 0 Å². The third-order valence-electron chi connectivity index (χ3n) is 2.65. The minimum absolute atomic E-state index is 0.0945. The standard InChI is InChI=1S/C13H10BrClFNO2S/c1-8-11(14)4-3-10(17-8)7-20(18,19)13-5-2-9(16)6-12(13)15/h2-6H,7H2,1H3. The summed E-state index contributed by atoms with van der Waals surface area (Å²) in [6, 6.07) is 6.57. The van der Waals surface area contributed by atoms with Gasteiger partial charge in [-0.3, -0.25) is 4.98 Å². The van der Waals surface area contributed by atoms with Gasteiger partial charge in [-0.05, 0) is 53.2 Å². The molecular weight excluding hydrogens is 369 g/mol. The van der Waals surface area contributed by atoms with Crippen LogP contribution in [-0.2, 0) is 15.6 Å². The summed E-state index contributed by atoms with van der Waals surface area (Å²) in [5.41, 5.74) is 1.11. The van der Waals surface area contributed by atoms with Crippen molar-refractivity contribution < 1.29 is 12.8 Å². The van der Waals surface area contributed by atoms with E-state index in [-0.39, 0.29) is 15.7 Å². The predicted molar refractivity (Wildman–Crippen MR) is 79.0 cm³/mol. The molecule has 0 aliphatic carbocycles. The molecule has 20 heavy (non-hydrogen) atoms. The Morgan fingerprint density at radius 1 is 1.30 bits per heavy atom. The van der Waals surface area contributed by atoms with Gasteiger partial charge in [-0.2, -0.15) is 0 Å². The second kappa shape index (κ2) is 5.79. The highest BCUT2D eigenvalue weighted by Gasteiger charge is 2.20. The molecule has 0 N–H and O–H groups in total. The molecule has 1 aromatic carbocycles. The van der Waals surface area contributed by atoms with Crippen LogP contribution in [0.4, 0.5) is 4.39 Å². The van der Waals surface area contributed by atoms with E-state index in [0.717, 1.165) is 16.6 Å². The quantitative estimate of drug-likeness (QED) is 0.761. The first-order valence-corrected chi connectivity index (χ1v) is 8.42. The second-order valence-electron chi connectivity index (χ2n) is 4.20. The molecule has 0 aliphatic rings. The molecule has 0 unspecified atom stereocenters. The number of hydrogen-bond donors (Lipinski definition) is 0. The van der Waals surface area contributed by atoms with Crippen molar-refractivity contribution in [3.05, 3.63) is 57.0 Å². The maximum absolute atomic E-state index is 13.0. The zero-order valence-electron chi connectivity index (χ0n) is 10.4. The maximum atomic E-state index is 13.0. The number of halogens is 3. The van der Waals surface area contributed by atoms with E-state index < -0.39 is 15.7 Å². The van der Waals surface area contributed by atoms with Crippen molar-refractivity contribution >= 4 is 37.4 Å². The Kier molecular flexibility index (Phi) is 4.46. The monoisotopic (exact) mass is 377 g/mol. The van der Waals surface area contributed by atoms with Crippen LogP contribution in [0.1, 0.15) is 11.4 Å². The SMILES string of the molecule is Cc1nc(CS(=O)(=O)c2ccc(F)cc2Cl)ccc1Br. The predicted octanol–water partition coefficient (Wildman–Crippen LogP) is 3.92. The Bertz CT molecular complexity index is 765. The Labute approximate surface area is 129 Å². The van der Waals surface area contributed by atoms with Crippen LogP contribution in [0, 0.1) is 12.7 Å². The smallest absolute Gasteiger partial charge is 0.185 e. The number of benzene rings is 1. The van der Waals surface area contributed by atoms with Gasteiger partial charge in [-0.1, -0.05) is 11.6 Å². The Balaban J connectivity index is 2.38. The summed E-state index contributed by atoms with van der Waals surface area (Å²) in [6.07, 6.45) is 0. The van der Waals surface area contributed by atoms with Crippen molar-refractivity contribution in [3.8, 4) is 0 Å². The number of hydrogen-bond acceptors (Lipinski definition) is 3. The van der Waals surface area contributed by atoms with Gasteiger partial charge in [0.25, 0.3) is 0 Å². The van der Waals surface area contributed by atoms with Crippen LogP contribution in [-0.4, -0.2) is 13.4 Å². The molecule has 0 fully saturated rings. The lowest BCUT2D eigenvalue weighted by Crippen LogP contribution is -2.08. The van der Waals surface area contributed by atoms with E-state index in [1.165, 1.54) is 6.07 Å². The van der Waals surface area contributed by atoms with Gasteiger partial charge in [-0.15, -0.1) is 0 Å². The first kappa shape index (κ1) is 15.4. The summed E-state index contributed by atoms with van der Waals surface area (Å²) in [5, 5.41) is -0.126. The molecule has 0 spiro atoms. The molecule has 0 bridgehead atoms. The molecule has 106 valence electrons. The topological polar surface area (TPSA) is 47.0 Å². The Morgan fingerprint density at radius 3 is 2.60 bits per heavy atom. The lowest BCUT2D eigenvalue weighted by atomic mass is 10.3. The number of aromatic nitrogens is 1. The van der Waals surface area contributed by atoms with Crippen molar-refractivity contribution in [2.45, 2.75) is 17.6 Å². The molecule has 0 aliphatic heterocycles. The van der Waals surface area contributed by atoms with Crippen LogP contribution >= 0.6 is 27.5 Å². The molecule has 0 radical (unpaired) electrons. The van der Waals surface area contributed by atoms with Crippen LogP contribution in [0.25, 0.3) is 0 Å². The number of sulfone groups is 1. The molecule has 0 atom stereocenters. The third-order valence-corrected chi connectivity index (χ3v) is 5.61. The Hall–Kier alpha value is -0.980. The van der Waals surface area contributed by atoms with E-state index in [9.17, 15) is 12.8 Å². The third kappa shape index (κ3) is 3.37. The number of aryl methyl sites for hydroxylation is 1. The van der Waals surface area contributed by atoms with Gasteiger partial charge in [0, 0.05) is 4.47 Å². The van der Waals surface area contributed by atoms with Crippen molar-refractivity contribution in [1.29, 1.82) is 0 Å². The average molecular weight is 379 g/mol. The lowest BCUT2D eigenvalue weighted by Gasteiger charge is -2.07. The molecule has 1 aromatic heterocycles. The number of pyridine rings is 1. The van der Waals surface area contributed by atoms with E-state index in [1.807, 2.05) is 0 Å². The van der Waals surface area contributed by atoms with Gasteiger partial charge < -0.3 is 0 Å². The molecule has 1 heterocycles. The minimum atomic E-state index is -3.67. The minimum Gasteiger partial charge on any atom is -0.256 e. The van der Waals surface area contributed by atoms with Gasteiger partial charge in [0.2, 0.25) is 0 Å². The van der Waals surface area contributed by atoms with Crippen LogP contribution in [0.15, 0.2) is 39.7 Å². The highest BCUT2D eigenvalue weighted by Crippen LogP contribution is 2.25. The molecule has 2 aromatic rings. The highest BCUT2D eigenvalue weighted by molar-refractivity contribution is 9.10. The fourth-order valence-corrected chi connectivity index (χ4v) is 3.75. The summed E-state index contributed by atoms with van der Waals surface area (Å²) in [5.74, 6) is -0.863. The molecule has 7 heteroatoms. The van der Waals surface area contributed by atoms with E-state index in [2.05, 4.69) is 20.9 Å². The summed E-state index contributed by atoms with van der Waals surface area (Å²) in [4.78, 5) is 4.09. The van der Waals surface area contributed by atoms with Crippen molar-refractivity contribution in [2.24, 2.45) is 0 Å². The molecule has 3 nitrogen and oxygen atoms in total. The molecule has 0 saturated heterocycles. The fraction of sp³-hybridized carbons (Fsp3) is 0.154. The summed E-state index contributed by atoms with van der Waals surface area (Å²) < 4.78 is 38.3. The van der Waals surface area contributed by atoms with Gasteiger partial charge in [-0.25, -0.2) is 12.8 Å². The van der Waals surface area contributed by atoms with Gasteiger partial charge in [0.15, 0.2) is 9.84 Å². The largest absolute Gasteiger partial charge is 0.256 e. The van der Waals surface area contributed by atoms with Crippen molar-refractivity contribution in [2.75, 3.05) is 0 Å². The van der Waals surface area contributed by atoms with Gasteiger partial charge in [0.1, 0.15) is 5.82 Å². The van der Waals surface area contributed by atoms with Gasteiger partial charge >= 0.3 is 0 Å². The normalized spacial score (nSPS) is 11.6. The maximum Gasteiger partial charge on any atom is 0.185 e. The van der Waals surface area contributed by atoms with Crippen molar-refractivity contribution in [3.63, 3.8) is 0 Å². The summed E-state index contributed by atoms with van der Waals surface area (Å²) in [6.45, 7) is 1.77. The first-order valence-electron chi connectivity index (χ1n) is 5.59. The molecule has 2 rings (SSSR count). The average Bonchev–Trinajstić information content (AvgIpc) is 2.33. The van der Waals surface area contributed by atoms with Crippen LogP contribution < -0.4 is 0 Å². The van der Waals surface area contributed by atoms with E-state index in [1.54, 1.807) is 19.1 Å². The summed E-state index contributed by atoms with van der Waals surface area (Å²) >= 11 is 9.09. The zero-order chi connectivity index (χ0) is 14.9. The van der Waals surface area contributed by atoms with E-state index in [0.29, 0.717) is 11.4 Å². The van der Waals surface area contributed by atoms with Gasteiger partial charge in [0.05, 0.1) is 27.1 Å².